The molecule has 0 radical (unpaired) electrons. The highest BCUT2D eigenvalue weighted by Crippen LogP contribution is 2.25. The molecular weight excluding hydrogens is 254 g/mol. The number of furan rings is 1. The first-order valence-electron chi connectivity index (χ1n) is 5.32. The van der Waals surface area contributed by atoms with Crippen LogP contribution in [-0.4, -0.2) is 6.54 Å². The van der Waals surface area contributed by atoms with Gasteiger partial charge in [0, 0.05) is 0 Å². The van der Waals surface area contributed by atoms with Gasteiger partial charge in [-0.25, -0.2) is 0 Å². The van der Waals surface area contributed by atoms with Crippen molar-refractivity contribution in [2.24, 2.45) is 0 Å². The zero-order chi connectivity index (χ0) is 11.3. The molecule has 1 rings (SSSR count). The van der Waals surface area contributed by atoms with Crippen LogP contribution >= 0.6 is 15.9 Å². The minimum Gasteiger partial charge on any atom is -0.453 e. The van der Waals surface area contributed by atoms with Crippen molar-refractivity contribution in [1.29, 1.82) is 0 Å². The van der Waals surface area contributed by atoms with Crippen LogP contribution in [0.3, 0.4) is 0 Å². The molecule has 1 heterocycles. The van der Waals surface area contributed by atoms with E-state index in [-0.39, 0.29) is 6.04 Å². The summed E-state index contributed by atoms with van der Waals surface area (Å²) in [6.45, 7) is 9.19. The van der Waals surface area contributed by atoms with Crippen LogP contribution in [0.25, 0.3) is 0 Å². The Morgan fingerprint density at radius 1 is 1.53 bits per heavy atom. The lowest BCUT2D eigenvalue weighted by Gasteiger charge is -2.16. The highest BCUT2D eigenvalue weighted by atomic mass is 79.9. The molecule has 0 amide bonds. The predicted molar refractivity (Wildman–Crippen MR) is 66.9 cm³/mol. The molecule has 1 N–H and O–H groups in total. The largest absolute Gasteiger partial charge is 0.453 e. The van der Waals surface area contributed by atoms with Crippen LogP contribution in [0.5, 0.6) is 0 Å². The highest BCUT2D eigenvalue weighted by molar-refractivity contribution is 9.10. The first-order chi connectivity index (χ1) is 7.17. The van der Waals surface area contributed by atoms with E-state index in [2.05, 4.69) is 41.7 Å². The van der Waals surface area contributed by atoms with E-state index < -0.39 is 0 Å². The van der Waals surface area contributed by atoms with Gasteiger partial charge in [-0.05, 0) is 47.4 Å². The molecule has 0 saturated carbocycles. The van der Waals surface area contributed by atoms with Crippen LogP contribution in [0, 0.1) is 0 Å². The monoisotopic (exact) mass is 271 g/mol. The topological polar surface area (TPSA) is 25.2 Å². The average Bonchev–Trinajstić information content (AvgIpc) is 2.64. The second kappa shape index (κ2) is 6.13. The molecule has 15 heavy (non-hydrogen) atoms. The molecule has 1 aromatic rings. The van der Waals surface area contributed by atoms with Crippen molar-refractivity contribution in [3.05, 3.63) is 34.7 Å². The molecule has 0 aromatic carbocycles. The molecule has 1 atom stereocenters. The Labute approximate surface area is 99.9 Å². The third kappa shape index (κ3) is 3.84. The molecule has 1 unspecified atom stereocenters. The molecule has 0 fully saturated rings. The smallest absolute Gasteiger partial charge is 0.169 e. The summed E-state index contributed by atoms with van der Waals surface area (Å²) in [5.74, 6) is 0.971. The van der Waals surface area contributed by atoms with Gasteiger partial charge in [0.25, 0.3) is 0 Å². The van der Waals surface area contributed by atoms with Crippen molar-refractivity contribution >= 4 is 15.9 Å². The van der Waals surface area contributed by atoms with E-state index in [1.165, 1.54) is 5.57 Å². The van der Waals surface area contributed by atoms with Crippen LogP contribution in [0.1, 0.15) is 38.5 Å². The second-order valence-electron chi connectivity index (χ2n) is 3.56. The quantitative estimate of drug-likeness (QED) is 0.790. The van der Waals surface area contributed by atoms with Crippen LogP contribution in [-0.2, 0) is 0 Å². The number of rotatable bonds is 6. The fourth-order valence-electron chi connectivity index (χ4n) is 1.47. The molecule has 3 heteroatoms. The number of hydrogen-bond acceptors (Lipinski definition) is 2. The molecule has 0 aliphatic carbocycles. The lowest BCUT2D eigenvalue weighted by Crippen LogP contribution is -2.20. The third-order valence-electron chi connectivity index (χ3n) is 2.38. The summed E-state index contributed by atoms with van der Waals surface area (Å²) < 4.78 is 6.34. The summed E-state index contributed by atoms with van der Waals surface area (Å²) >= 11 is 3.32. The summed E-state index contributed by atoms with van der Waals surface area (Å²) in [6.07, 6.45) is 1.95. The molecule has 0 bridgehead atoms. The predicted octanol–water partition coefficient (Wildman–Crippen LogP) is 4.05. The SMILES string of the molecule is C=C(CC)CC(NCC)c1ccc(Br)o1. The van der Waals surface area contributed by atoms with Crippen LogP contribution < -0.4 is 5.32 Å². The Kier molecular flexibility index (Phi) is 5.12. The zero-order valence-electron chi connectivity index (χ0n) is 9.35. The standard InChI is InChI=1S/C12H18BrNO/c1-4-9(3)8-10(14-5-2)11-6-7-12(13)15-11/h6-7,10,14H,3-5,8H2,1-2H3. The van der Waals surface area contributed by atoms with E-state index in [1.54, 1.807) is 0 Å². The fourth-order valence-corrected chi connectivity index (χ4v) is 1.79. The van der Waals surface area contributed by atoms with Gasteiger partial charge in [-0.15, -0.1) is 0 Å². The van der Waals surface area contributed by atoms with Crippen molar-refractivity contribution in [1.82, 2.24) is 5.32 Å². The summed E-state index contributed by atoms with van der Waals surface area (Å²) in [5.41, 5.74) is 1.24. The van der Waals surface area contributed by atoms with Crippen molar-refractivity contribution in [3.8, 4) is 0 Å². The lowest BCUT2D eigenvalue weighted by atomic mass is 10.0. The number of hydrogen-bond donors (Lipinski definition) is 1. The Balaban J connectivity index is 2.69. The maximum atomic E-state index is 5.56. The van der Waals surface area contributed by atoms with Gasteiger partial charge in [0.05, 0.1) is 6.04 Å². The van der Waals surface area contributed by atoms with Gasteiger partial charge < -0.3 is 9.73 Å². The Bertz CT molecular complexity index is 319. The Morgan fingerprint density at radius 2 is 2.27 bits per heavy atom. The lowest BCUT2D eigenvalue weighted by molar-refractivity contribution is 0.403. The maximum absolute atomic E-state index is 5.56. The van der Waals surface area contributed by atoms with Gasteiger partial charge in [0.1, 0.15) is 5.76 Å². The van der Waals surface area contributed by atoms with Gasteiger partial charge in [-0.3, -0.25) is 0 Å². The van der Waals surface area contributed by atoms with Crippen molar-refractivity contribution in [3.63, 3.8) is 0 Å². The summed E-state index contributed by atoms with van der Waals surface area (Å²) in [6, 6.07) is 4.17. The van der Waals surface area contributed by atoms with Crippen LogP contribution in [0.4, 0.5) is 0 Å². The third-order valence-corrected chi connectivity index (χ3v) is 2.81. The molecular formula is C12H18BrNO. The van der Waals surface area contributed by atoms with E-state index in [1.807, 2.05) is 12.1 Å². The van der Waals surface area contributed by atoms with Crippen LogP contribution in [0.2, 0.25) is 0 Å². The second-order valence-corrected chi connectivity index (χ2v) is 4.34. The Hall–Kier alpha value is -0.540. The van der Waals surface area contributed by atoms with Gasteiger partial charge in [0.2, 0.25) is 0 Å². The summed E-state index contributed by atoms with van der Waals surface area (Å²) in [4.78, 5) is 0. The van der Waals surface area contributed by atoms with E-state index in [4.69, 9.17) is 4.42 Å². The number of nitrogens with one attached hydrogen (secondary N) is 1. The minimum absolute atomic E-state index is 0.244. The zero-order valence-corrected chi connectivity index (χ0v) is 10.9. The molecule has 84 valence electrons. The average molecular weight is 272 g/mol. The molecule has 0 saturated heterocycles. The normalized spacial score (nSPS) is 12.7. The molecule has 0 spiro atoms. The van der Waals surface area contributed by atoms with Crippen molar-refractivity contribution in [2.45, 2.75) is 32.7 Å². The van der Waals surface area contributed by atoms with Gasteiger partial charge in [0.15, 0.2) is 4.67 Å². The molecule has 0 aliphatic rings. The molecule has 1 aromatic heterocycles. The van der Waals surface area contributed by atoms with Gasteiger partial charge in [-0.2, -0.15) is 0 Å². The highest BCUT2D eigenvalue weighted by Gasteiger charge is 2.14. The molecule has 2 nitrogen and oxygen atoms in total. The first kappa shape index (κ1) is 12.5. The van der Waals surface area contributed by atoms with Crippen molar-refractivity contribution < 1.29 is 4.42 Å². The van der Waals surface area contributed by atoms with E-state index in [0.29, 0.717) is 0 Å². The maximum Gasteiger partial charge on any atom is 0.169 e. The van der Waals surface area contributed by atoms with E-state index >= 15 is 0 Å². The minimum atomic E-state index is 0.244. The fraction of sp³-hybridized carbons (Fsp3) is 0.500. The molecule has 0 aliphatic heterocycles. The van der Waals surface area contributed by atoms with Gasteiger partial charge >= 0.3 is 0 Å². The number of halogens is 1. The summed E-state index contributed by atoms with van der Waals surface area (Å²) in [5, 5.41) is 3.40. The van der Waals surface area contributed by atoms with Crippen molar-refractivity contribution in [2.75, 3.05) is 6.54 Å². The Morgan fingerprint density at radius 3 is 2.73 bits per heavy atom. The first-order valence-corrected chi connectivity index (χ1v) is 6.11. The van der Waals surface area contributed by atoms with Gasteiger partial charge in [-0.1, -0.05) is 26.0 Å². The van der Waals surface area contributed by atoms with E-state index in [9.17, 15) is 0 Å². The summed E-state index contributed by atoms with van der Waals surface area (Å²) in [7, 11) is 0. The van der Waals surface area contributed by atoms with E-state index in [0.717, 1.165) is 29.8 Å². The van der Waals surface area contributed by atoms with Crippen LogP contribution in [0.15, 0.2) is 33.4 Å².